The van der Waals surface area contributed by atoms with E-state index < -0.39 is 0 Å². The molecule has 4 heteroatoms. The summed E-state index contributed by atoms with van der Waals surface area (Å²) in [7, 11) is 0. The first-order valence-corrected chi connectivity index (χ1v) is 6.20. The number of fused-ring (bicyclic) bond motifs is 1. The fraction of sp³-hybridized carbons (Fsp3) is 0.357. The van der Waals surface area contributed by atoms with Crippen LogP contribution in [0, 0.1) is 0 Å². The number of nitrogens with one attached hydrogen (secondary N) is 1. The van der Waals surface area contributed by atoms with Gasteiger partial charge in [0.25, 0.3) is 0 Å². The van der Waals surface area contributed by atoms with E-state index in [1.807, 2.05) is 38.2 Å². The van der Waals surface area contributed by atoms with E-state index in [0.717, 1.165) is 35.3 Å². The lowest BCUT2D eigenvalue weighted by Gasteiger charge is -2.15. The molecular weight excluding hydrogens is 226 g/mol. The third kappa shape index (κ3) is 2.71. The van der Waals surface area contributed by atoms with Gasteiger partial charge in [0.2, 0.25) is 0 Å². The van der Waals surface area contributed by atoms with Gasteiger partial charge in [-0.05, 0) is 26.0 Å². The van der Waals surface area contributed by atoms with Crippen molar-refractivity contribution in [1.29, 1.82) is 0 Å². The van der Waals surface area contributed by atoms with E-state index >= 15 is 0 Å². The highest BCUT2D eigenvalue weighted by atomic mass is 16.5. The first kappa shape index (κ1) is 12.6. The van der Waals surface area contributed by atoms with E-state index in [-0.39, 0.29) is 6.10 Å². The molecule has 0 aliphatic carbocycles. The molecule has 0 fully saturated rings. The minimum atomic E-state index is 0.169. The summed E-state index contributed by atoms with van der Waals surface area (Å²) in [4.78, 5) is 4.09. The van der Waals surface area contributed by atoms with Gasteiger partial charge in [-0.2, -0.15) is 0 Å². The second-order valence-corrected chi connectivity index (χ2v) is 4.27. The molecule has 2 rings (SSSR count). The van der Waals surface area contributed by atoms with Crippen LogP contribution in [-0.4, -0.2) is 24.2 Å². The van der Waals surface area contributed by atoms with Crippen LogP contribution in [0.4, 0.5) is 11.4 Å². The summed E-state index contributed by atoms with van der Waals surface area (Å²) in [5.41, 5.74) is 7.86. The molecule has 4 nitrogen and oxygen atoms in total. The molecule has 18 heavy (non-hydrogen) atoms. The fourth-order valence-corrected chi connectivity index (χ4v) is 1.94. The number of hydrogen-bond acceptors (Lipinski definition) is 4. The topological polar surface area (TPSA) is 60.2 Å². The van der Waals surface area contributed by atoms with Crippen molar-refractivity contribution >= 4 is 22.1 Å². The Morgan fingerprint density at radius 1 is 1.39 bits per heavy atom. The van der Waals surface area contributed by atoms with Crippen LogP contribution < -0.4 is 11.1 Å². The molecule has 0 radical (unpaired) electrons. The Bertz CT molecular complexity index is 527. The Kier molecular flexibility index (Phi) is 3.99. The number of benzene rings is 1. The Balaban J connectivity index is 2.16. The fourth-order valence-electron chi connectivity index (χ4n) is 1.94. The molecule has 0 saturated carbocycles. The number of nitrogens with zero attached hydrogens (tertiary/aromatic N) is 1. The van der Waals surface area contributed by atoms with Crippen LogP contribution in [-0.2, 0) is 4.74 Å². The van der Waals surface area contributed by atoms with Crippen LogP contribution in [0.5, 0.6) is 0 Å². The molecule has 1 atom stereocenters. The Labute approximate surface area is 107 Å². The van der Waals surface area contributed by atoms with Crippen LogP contribution in [0.15, 0.2) is 30.6 Å². The summed E-state index contributed by atoms with van der Waals surface area (Å²) >= 11 is 0. The van der Waals surface area contributed by atoms with Crippen molar-refractivity contribution in [1.82, 2.24) is 4.98 Å². The lowest BCUT2D eigenvalue weighted by atomic mass is 10.1. The van der Waals surface area contributed by atoms with Gasteiger partial charge in [0.05, 0.1) is 17.5 Å². The minimum absolute atomic E-state index is 0.169. The van der Waals surface area contributed by atoms with Gasteiger partial charge in [-0.3, -0.25) is 4.98 Å². The number of anilines is 2. The number of aromatic nitrogens is 1. The Morgan fingerprint density at radius 2 is 2.22 bits per heavy atom. The number of nitrogen functional groups attached to an aromatic ring is 1. The zero-order valence-corrected chi connectivity index (χ0v) is 10.8. The van der Waals surface area contributed by atoms with Gasteiger partial charge >= 0.3 is 0 Å². The number of nitrogens with two attached hydrogens (primary N) is 1. The Morgan fingerprint density at radius 3 is 3.00 bits per heavy atom. The second-order valence-electron chi connectivity index (χ2n) is 4.27. The lowest BCUT2D eigenvalue weighted by molar-refractivity contribution is 0.0855. The quantitative estimate of drug-likeness (QED) is 0.795. The van der Waals surface area contributed by atoms with Crippen molar-refractivity contribution in [2.24, 2.45) is 0 Å². The first-order valence-electron chi connectivity index (χ1n) is 6.20. The van der Waals surface area contributed by atoms with Crippen LogP contribution in [0.25, 0.3) is 10.8 Å². The van der Waals surface area contributed by atoms with Crippen LogP contribution in [0.3, 0.4) is 0 Å². The number of ether oxygens (including phenoxy) is 1. The van der Waals surface area contributed by atoms with Crippen molar-refractivity contribution < 1.29 is 4.74 Å². The molecule has 0 spiro atoms. The third-order valence-electron chi connectivity index (χ3n) is 2.89. The third-order valence-corrected chi connectivity index (χ3v) is 2.89. The van der Waals surface area contributed by atoms with Crippen LogP contribution in [0.1, 0.15) is 13.8 Å². The smallest absolute Gasteiger partial charge is 0.0719 e. The zero-order valence-electron chi connectivity index (χ0n) is 10.8. The predicted molar refractivity (Wildman–Crippen MR) is 75.7 cm³/mol. The highest BCUT2D eigenvalue weighted by molar-refractivity contribution is 5.98. The van der Waals surface area contributed by atoms with Crippen LogP contribution in [0.2, 0.25) is 0 Å². The van der Waals surface area contributed by atoms with E-state index in [9.17, 15) is 0 Å². The summed E-state index contributed by atoms with van der Waals surface area (Å²) in [5, 5.41) is 5.40. The predicted octanol–water partition coefficient (Wildman–Crippen LogP) is 2.65. The van der Waals surface area contributed by atoms with Crippen molar-refractivity contribution in [3.05, 3.63) is 30.6 Å². The largest absolute Gasteiger partial charge is 0.397 e. The van der Waals surface area contributed by atoms with Gasteiger partial charge in [-0.25, -0.2) is 0 Å². The standard InChI is InChI=1S/C14H19N3O/c1-3-18-10(2)8-17-13-5-4-11-9-16-7-6-12(11)14(13)15/h4-7,9-10,17H,3,8,15H2,1-2H3. The molecule has 96 valence electrons. The summed E-state index contributed by atoms with van der Waals surface area (Å²) in [6.45, 7) is 5.50. The molecule has 0 aliphatic heterocycles. The molecule has 2 aromatic rings. The molecule has 0 amide bonds. The molecular formula is C14H19N3O. The average molecular weight is 245 g/mol. The van der Waals surface area contributed by atoms with Crippen molar-refractivity contribution in [3.63, 3.8) is 0 Å². The average Bonchev–Trinajstić information content (AvgIpc) is 2.39. The van der Waals surface area contributed by atoms with E-state index in [1.54, 1.807) is 6.20 Å². The van der Waals surface area contributed by atoms with Crippen molar-refractivity contribution in [3.8, 4) is 0 Å². The molecule has 1 aromatic carbocycles. The van der Waals surface area contributed by atoms with E-state index in [2.05, 4.69) is 10.3 Å². The molecule has 1 aromatic heterocycles. The van der Waals surface area contributed by atoms with E-state index in [4.69, 9.17) is 10.5 Å². The van der Waals surface area contributed by atoms with Gasteiger partial charge in [0, 0.05) is 36.3 Å². The molecule has 0 saturated heterocycles. The van der Waals surface area contributed by atoms with E-state index in [1.165, 1.54) is 0 Å². The summed E-state index contributed by atoms with van der Waals surface area (Å²) in [5.74, 6) is 0. The summed E-state index contributed by atoms with van der Waals surface area (Å²) < 4.78 is 5.48. The highest BCUT2D eigenvalue weighted by Crippen LogP contribution is 2.27. The van der Waals surface area contributed by atoms with Crippen molar-refractivity contribution in [2.45, 2.75) is 20.0 Å². The zero-order chi connectivity index (χ0) is 13.0. The number of hydrogen-bond donors (Lipinski definition) is 2. The van der Waals surface area contributed by atoms with Gasteiger partial charge in [0.15, 0.2) is 0 Å². The van der Waals surface area contributed by atoms with Gasteiger partial charge in [-0.15, -0.1) is 0 Å². The maximum atomic E-state index is 6.15. The summed E-state index contributed by atoms with van der Waals surface area (Å²) in [6.07, 6.45) is 3.74. The molecule has 1 heterocycles. The second kappa shape index (κ2) is 5.69. The lowest BCUT2D eigenvalue weighted by Crippen LogP contribution is -2.20. The van der Waals surface area contributed by atoms with Crippen LogP contribution >= 0.6 is 0 Å². The molecule has 0 bridgehead atoms. The molecule has 0 aliphatic rings. The maximum Gasteiger partial charge on any atom is 0.0719 e. The van der Waals surface area contributed by atoms with Gasteiger partial charge in [0.1, 0.15) is 0 Å². The SMILES string of the molecule is CCOC(C)CNc1ccc2cnccc2c1N. The minimum Gasteiger partial charge on any atom is -0.397 e. The molecule has 1 unspecified atom stereocenters. The highest BCUT2D eigenvalue weighted by Gasteiger charge is 2.06. The van der Waals surface area contributed by atoms with Gasteiger partial charge < -0.3 is 15.8 Å². The number of pyridine rings is 1. The van der Waals surface area contributed by atoms with Gasteiger partial charge in [-0.1, -0.05) is 6.07 Å². The maximum absolute atomic E-state index is 6.15. The summed E-state index contributed by atoms with van der Waals surface area (Å²) in [6, 6.07) is 5.94. The van der Waals surface area contributed by atoms with Crippen molar-refractivity contribution in [2.75, 3.05) is 24.2 Å². The normalized spacial score (nSPS) is 12.6. The first-order chi connectivity index (χ1) is 8.72. The Hall–Kier alpha value is -1.81. The number of rotatable bonds is 5. The molecule has 3 N–H and O–H groups in total. The monoisotopic (exact) mass is 245 g/mol. The van der Waals surface area contributed by atoms with E-state index in [0.29, 0.717) is 0 Å².